The van der Waals surface area contributed by atoms with Crippen LogP contribution < -0.4 is 0 Å². The van der Waals surface area contributed by atoms with E-state index in [9.17, 15) is 9.18 Å². The molecule has 0 radical (unpaired) electrons. The minimum atomic E-state index is -1.57. The quantitative estimate of drug-likeness (QED) is 0.900. The fraction of sp³-hybridized carbons (Fsp3) is 0.231. The van der Waals surface area contributed by atoms with Crippen molar-refractivity contribution < 1.29 is 14.3 Å². The number of rotatable bonds is 2. The summed E-state index contributed by atoms with van der Waals surface area (Å²) in [4.78, 5) is 14.8. The van der Waals surface area contributed by atoms with Crippen LogP contribution in [-0.2, 0) is 5.67 Å². The lowest BCUT2D eigenvalue weighted by Crippen LogP contribution is -2.10. The zero-order chi connectivity index (χ0) is 13.5. The SMILES string of the molecule is CC(C)(F)c1cc2ncc(C(=O)O)cc2cc1Cl. The van der Waals surface area contributed by atoms with Crippen LogP contribution in [-0.4, -0.2) is 16.1 Å². The molecule has 1 heterocycles. The number of pyridine rings is 1. The highest BCUT2D eigenvalue weighted by atomic mass is 35.5. The van der Waals surface area contributed by atoms with Crippen LogP contribution in [0.3, 0.4) is 0 Å². The summed E-state index contributed by atoms with van der Waals surface area (Å²) in [6, 6.07) is 4.54. The van der Waals surface area contributed by atoms with E-state index in [2.05, 4.69) is 4.98 Å². The molecule has 0 amide bonds. The van der Waals surface area contributed by atoms with Crippen molar-refractivity contribution in [1.82, 2.24) is 4.98 Å². The fourth-order valence-corrected chi connectivity index (χ4v) is 2.12. The molecule has 18 heavy (non-hydrogen) atoms. The Morgan fingerprint density at radius 2 is 2.06 bits per heavy atom. The van der Waals surface area contributed by atoms with Crippen molar-refractivity contribution in [2.75, 3.05) is 0 Å². The zero-order valence-corrected chi connectivity index (χ0v) is 10.6. The molecule has 1 N–H and O–H groups in total. The number of aromatic nitrogens is 1. The summed E-state index contributed by atoms with van der Waals surface area (Å²) in [5.74, 6) is -1.06. The second-order valence-corrected chi connectivity index (χ2v) is 4.93. The lowest BCUT2D eigenvalue weighted by Gasteiger charge is -2.17. The van der Waals surface area contributed by atoms with Crippen LogP contribution >= 0.6 is 11.6 Å². The van der Waals surface area contributed by atoms with Crippen LogP contribution in [0.15, 0.2) is 24.4 Å². The van der Waals surface area contributed by atoms with E-state index in [1.807, 2.05) is 0 Å². The van der Waals surface area contributed by atoms with E-state index in [0.29, 0.717) is 16.5 Å². The maximum Gasteiger partial charge on any atom is 0.337 e. The van der Waals surface area contributed by atoms with Gasteiger partial charge in [-0.1, -0.05) is 11.6 Å². The van der Waals surface area contributed by atoms with Crippen molar-refractivity contribution in [1.29, 1.82) is 0 Å². The van der Waals surface area contributed by atoms with E-state index in [1.54, 1.807) is 6.07 Å². The van der Waals surface area contributed by atoms with Crippen LogP contribution in [0, 0.1) is 0 Å². The summed E-state index contributed by atoms with van der Waals surface area (Å²) < 4.78 is 13.9. The molecule has 0 saturated heterocycles. The highest BCUT2D eigenvalue weighted by Gasteiger charge is 2.23. The Kier molecular flexibility index (Phi) is 2.99. The van der Waals surface area contributed by atoms with Gasteiger partial charge in [-0.15, -0.1) is 0 Å². The lowest BCUT2D eigenvalue weighted by atomic mass is 9.98. The van der Waals surface area contributed by atoms with Crippen molar-refractivity contribution in [3.05, 3.63) is 40.5 Å². The molecule has 0 aliphatic carbocycles. The molecule has 0 spiro atoms. The molecule has 5 heteroatoms. The number of nitrogens with zero attached hydrogens (tertiary/aromatic N) is 1. The molecule has 0 bridgehead atoms. The first-order valence-electron chi connectivity index (χ1n) is 5.31. The number of fused-ring (bicyclic) bond motifs is 1. The number of alkyl halides is 1. The van der Waals surface area contributed by atoms with Gasteiger partial charge in [-0.25, -0.2) is 9.18 Å². The molecule has 0 atom stereocenters. The normalized spacial score (nSPS) is 11.8. The third-order valence-corrected chi connectivity index (χ3v) is 2.97. The second kappa shape index (κ2) is 4.21. The summed E-state index contributed by atoms with van der Waals surface area (Å²) >= 11 is 6.00. The standard InChI is InChI=1S/C13H11ClFNO2/c1-13(2,15)9-5-11-7(4-10(9)14)3-8(6-16-11)12(17)18/h3-6H,1-2H3,(H,17,18). The maximum atomic E-state index is 13.9. The number of hydrogen-bond acceptors (Lipinski definition) is 2. The molecular formula is C13H11ClFNO2. The summed E-state index contributed by atoms with van der Waals surface area (Å²) in [7, 11) is 0. The van der Waals surface area contributed by atoms with Gasteiger partial charge in [0.15, 0.2) is 0 Å². The van der Waals surface area contributed by atoms with Crippen molar-refractivity contribution in [2.24, 2.45) is 0 Å². The minimum Gasteiger partial charge on any atom is -0.478 e. The van der Waals surface area contributed by atoms with Gasteiger partial charge in [0.05, 0.1) is 11.1 Å². The van der Waals surface area contributed by atoms with Gasteiger partial charge >= 0.3 is 5.97 Å². The highest BCUT2D eigenvalue weighted by molar-refractivity contribution is 6.32. The molecule has 2 rings (SSSR count). The molecule has 94 valence electrons. The number of aromatic carboxylic acids is 1. The van der Waals surface area contributed by atoms with Gasteiger partial charge in [0.1, 0.15) is 5.67 Å². The minimum absolute atomic E-state index is 0.0748. The Balaban J connectivity index is 2.68. The van der Waals surface area contributed by atoms with Crippen LogP contribution in [0.2, 0.25) is 5.02 Å². The molecule has 0 aliphatic heterocycles. The molecule has 0 saturated carbocycles. The molecule has 2 aromatic rings. The third kappa shape index (κ3) is 2.29. The summed E-state index contributed by atoms with van der Waals surface area (Å²) in [5.41, 5.74) is -0.637. The van der Waals surface area contributed by atoms with E-state index >= 15 is 0 Å². The van der Waals surface area contributed by atoms with Crippen molar-refractivity contribution in [3.8, 4) is 0 Å². The maximum absolute atomic E-state index is 13.9. The van der Waals surface area contributed by atoms with Gasteiger partial charge in [-0.05, 0) is 32.0 Å². The Bertz CT molecular complexity index is 635. The Morgan fingerprint density at radius 1 is 1.39 bits per heavy atom. The van der Waals surface area contributed by atoms with E-state index < -0.39 is 11.6 Å². The van der Waals surface area contributed by atoms with Gasteiger partial charge in [-0.2, -0.15) is 0 Å². The summed E-state index contributed by atoms with van der Waals surface area (Å²) in [6.07, 6.45) is 1.24. The first-order chi connectivity index (χ1) is 8.29. The molecule has 0 fully saturated rings. The summed E-state index contributed by atoms with van der Waals surface area (Å²) in [5, 5.41) is 9.70. The predicted octanol–water partition coefficient (Wildman–Crippen LogP) is 3.79. The molecular weight excluding hydrogens is 257 g/mol. The van der Waals surface area contributed by atoms with Gasteiger partial charge in [0.2, 0.25) is 0 Å². The molecule has 0 aliphatic rings. The summed E-state index contributed by atoms with van der Waals surface area (Å²) in [6.45, 7) is 2.82. The predicted molar refractivity (Wildman–Crippen MR) is 67.8 cm³/mol. The van der Waals surface area contributed by atoms with Gasteiger partial charge in [0.25, 0.3) is 0 Å². The second-order valence-electron chi connectivity index (χ2n) is 4.53. The Labute approximate surface area is 108 Å². The van der Waals surface area contributed by atoms with Crippen LogP contribution in [0.25, 0.3) is 10.9 Å². The smallest absolute Gasteiger partial charge is 0.337 e. The lowest BCUT2D eigenvalue weighted by molar-refractivity contribution is 0.0696. The highest BCUT2D eigenvalue weighted by Crippen LogP contribution is 2.33. The number of benzene rings is 1. The number of hydrogen-bond donors (Lipinski definition) is 1. The molecule has 3 nitrogen and oxygen atoms in total. The largest absolute Gasteiger partial charge is 0.478 e. The van der Waals surface area contributed by atoms with E-state index in [4.69, 9.17) is 16.7 Å². The van der Waals surface area contributed by atoms with Crippen molar-refractivity contribution >= 4 is 28.5 Å². The van der Waals surface area contributed by atoms with Crippen LogP contribution in [0.1, 0.15) is 29.8 Å². The number of carbonyl (C=O) groups is 1. The first kappa shape index (κ1) is 12.8. The average molecular weight is 268 g/mol. The molecule has 0 unspecified atom stereocenters. The van der Waals surface area contributed by atoms with Crippen LogP contribution in [0.5, 0.6) is 0 Å². The van der Waals surface area contributed by atoms with Gasteiger partial charge < -0.3 is 5.11 Å². The average Bonchev–Trinajstić information content (AvgIpc) is 2.25. The van der Waals surface area contributed by atoms with E-state index in [-0.39, 0.29) is 10.6 Å². The molecule has 1 aromatic carbocycles. The van der Waals surface area contributed by atoms with E-state index in [1.165, 1.54) is 32.2 Å². The van der Waals surface area contributed by atoms with Crippen molar-refractivity contribution in [3.63, 3.8) is 0 Å². The third-order valence-electron chi connectivity index (χ3n) is 2.66. The first-order valence-corrected chi connectivity index (χ1v) is 5.69. The fourth-order valence-electron chi connectivity index (χ4n) is 1.72. The monoisotopic (exact) mass is 267 g/mol. The number of carboxylic acids is 1. The van der Waals surface area contributed by atoms with Crippen molar-refractivity contribution in [2.45, 2.75) is 19.5 Å². The van der Waals surface area contributed by atoms with Crippen LogP contribution in [0.4, 0.5) is 4.39 Å². The Hall–Kier alpha value is -1.68. The van der Waals surface area contributed by atoms with E-state index in [0.717, 1.165) is 0 Å². The number of halogens is 2. The zero-order valence-electron chi connectivity index (χ0n) is 9.87. The number of carboxylic acid groups (broad SMARTS) is 1. The molecule has 1 aromatic heterocycles. The van der Waals surface area contributed by atoms with Gasteiger partial charge in [0, 0.05) is 22.2 Å². The topological polar surface area (TPSA) is 50.2 Å². The van der Waals surface area contributed by atoms with Gasteiger partial charge in [-0.3, -0.25) is 4.98 Å². The Morgan fingerprint density at radius 3 is 2.61 bits per heavy atom.